The third-order valence-corrected chi connectivity index (χ3v) is 5.48. The Hall–Kier alpha value is -3.44. The molecule has 0 aromatic heterocycles. The maximum absolute atomic E-state index is 13.4. The zero-order valence-corrected chi connectivity index (χ0v) is 18.4. The van der Waals surface area contributed by atoms with E-state index in [2.05, 4.69) is 10.6 Å². The van der Waals surface area contributed by atoms with Gasteiger partial charge in [0.05, 0.1) is 18.6 Å². The molecule has 2 amide bonds. The molecular weight excluding hydrogens is 400 g/mol. The van der Waals surface area contributed by atoms with Crippen LogP contribution in [0.5, 0.6) is 0 Å². The number of carbonyl (C=O) groups excluding carboxylic acids is 2. The van der Waals surface area contributed by atoms with Crippen LogP contribution < -0.4 is 10.6 Å². The van der Waals surface area contributed by atoms with Crippen LogP contribution in [0, 0.1) is 5.92 Å². The fourth-order valence-corrected chi connectivity index (χ4v) is 3.74. The Morgan fingerprint density at radius 3 is 1.53 bits per heavy atom. The Bertz CT molecular complexity index is 952. The fraction of sp³-hybridized carbons (Fsp3) is 0.259. The lowest BCUT2D eigenvalue weighted by Crippen LogP contribution is -2.52. The lowest BCUT2D eigenvalue weighted by Gasteiger charge is -2.27. The van der Waals surface area contributed by atoms with Gasteiger partial charge in [-0.2, -0.15) is 0 Å². The van der Waals surface area contributed by atoms with Crippen molar-refractivity contribution >= 4 is 11.8 Å². The third kappa shape index (κ3) is 5.83. The van der Waals surface area contributed by atoms with Gasteiger partial charge in [-0.3, -0.25) is 9.59 Å². The van der Waals surface area contributed by atoms with Gasteiger partial charge in [-0.1, -0.05) is 105 Å². The quantitative estimate of drug-likeness (QED) is 0.483. The summed E-state index contributed by atoms with van der Waals surface area (Å²) in [6.45, 7) is 3.55. The van der Waals surface area contributed by atoms with Gasteiger partial charge >= 0.3 is 0 Å². The van der Waals surface area contributed by atoms with Gasteiger partial charge in [0.15, 0.2) is 0 Å². The lowest BCUT2D eigenvalue weighted by atomic mass is 9.89. The van der Waals surface area contributed by atoms with E-state index in [1.54, 1.807) is 0 Å². The summed E-state index contributed by atoms with van der Waals surface area (Å²) in [6, 6.07) is 27.1. The second-order valence-electron chi connectivity index (χ2n) is 8.14. The number of carbonyl (C=O) groups is 2. The van der Waals surface area contributed by atoms with Crippen molar-refractivity contribution in [3.63, 3.8) is 0 Å². The van der Waals surface area contributed by atoms with Crippen molar-refractivity contribution in [1.82, 2.24) is 10.6 Å². The molecule has 0 aliphatic heterocycles. The monoisotopic (exact) mass is 430 g/mol. The normalized spacial score (nSPS) is 12.9. The highest BCUT2D eigenvalue weighted by molar-refractivity contribution is 5.92. The Morgan fingerprint density at radius 2 is 1.12 bits per heavy atom. The van der Waals surface area contributed by atoms with E-state index in [9.17, 15) is 14.7 Å². The van der Waals surface area contributed by atoms with Gasteiger partial charge in [0.1, 0.15) is 6.04 Å². The standard InChI is InChI=1S/C27H30N2O3/c1-19(2)25(27(32)28-23(18-30)20-12-6-3-7-13-20)29-26(31)24(21-14-8-4-9-15-21)22-16-10-5-11-17-22/h3-17,19,23-25,30H,18H2,1-2H3,(H,28,32)(H,29,31). The number of rotatable bonds is 9. The maximum Gasteiger partial charge on any atom is 0.243 e. The molecule has 5 nitrogen and oxygen atoms in total. The molecule has 0 spiro atoms. The highest BCUT2D eigenvalue weighted by atomic mass is 16.3. The molecule has 3 rings (SSSR count). The van der Waals surface area contributed by atoms with E-state index in [0.717, 1.165) is 16.7 Å². The molecule has 0 radical (unpaired) electrons. The minimum absolute atomic E-state index is 0.138. The summed E-state index contributed by atoms with van der Waals surface area (Å²) >= 11 is 0. The Morgan fingerprint density at radius 1 is 0.688 bits per heavy atom. The molecule has 166 valence electrons. The van der Waals surface area contributed by atoms with Crippen LogP contribution >= 0.6 is 0 Å². The summed E-state index contributed by atoms with van der Waals surface area (Å²) in [5.74, 6) is -1.23. The summed E-state index contributed by atoms with van der Waals surface area (Å²) < 4.78 is 0. The number of benzene rings is 3. The average Bonchev–Trinajstić information content (AvgIpc) is 2.82. The summed E-state index contributed by atoms with van der Waals surface area (Å²) in [5.41, 5.74) is 2.52. The molecule has 0 aliphatic carbocycles. The Labute approximate surface area is 189 Å². The smallest absolute Gasteiger partial charge is 0.243 e. The highest BCUT2D eigenvalue weighted by Gasteiger charge is 2.30. The van der Waals surface area contributed by atoms with Gasteiger partial charge in [-0.15, -0.1) is 0 Å². The molecule has 32 heavy (non-hydrogen) atoms. The predicted molar refractivity (Wildman–Crippen MR) is 126 cm³/mol. The van der Waals surface area contributed by atoms with Crippen LogP contribution in [-0.2, 0) is 9.59 Å². The van der Waals surface area contributed by atoms with Crippen LogP contribution in [0.15, 0.2) is 91.0 Å². The number of aliphatic hydroxyl groups is 1. The Kier molecular flexibility index (Phi) is 8.17. The van der Waals surface area contributed by atoms with Crippen LogP contribution in [0.1, 0.15) is 42.5 Å². The van der Waals surface area contributed by atoms with Gasteiger partial charge in [0.25, 0.3) is 0 Å². The minimum atomic E-state index is -0.741. The van der Waals surface area contributed by atoms with Crippen molar-refractivity contribution in [3.05, 3.63) is 108 Å². The van der Waals surface area contributed by atoms with Crippen LogP contribution in [0.4, 0.5) is 0 Å². The number of hydrogen-bond acceptors (Lipinski definition) is 3. The number of hydrogen-bond donors (Lipinski definition) is 3. The molecule has 5 heteroatoms. The third-order valence-electron chi connectivity index (χ3n) is 5.48. The van der Waals surface area contributed by atoms with Gasteiger partial charge < -0.3 is 15.7 Å². The van der Waals surface area contributed by atoms with Crippen molar-refractivity contribution in [2.45, 2.75) is 31.8 Å². The van der Waals surface area contributed by atoms with Gasteiger partial charge in [0, 0.05) is 0 Å². The molecule has 0 fully saturated rings. The second-order valence-corrected chi connectivity index (χ2v) is 8.14. The van der Waals surface area contributed by atoms with Gasteiger partial charge in [0.2, 0.25) is 11.8 Å². The van der Waals surface area contributed by atoms with E-state index in [-0.39, 0.29) is 24.3 Å². The molecule has 3 aromatic rings. The first-order chi connectivity index (χ1) is 15.5. The van der Waals surface area contributed by atoms with E-state index >= 15 is 0 Å². The first-order valence-electron chi connectivity index (χ1n) is 10.9. The van der Waals surface area contributed by atoms with Gasteiger partial charge in [-0.05, 0) is 22.6 Å². The highest BCUT2D eigenvalue weighted by Crippen LogP contribution is 2.25. The molecule has 0 heterocycles. The SMILES string of the molecule is CC(C)C(NC(=O)C(c1ccccc1)c1ccccc1)C(=O)NC(CO)c1ccccc1. The first-order valence-corrected chi connectivity index (χ1v) is 10.9. The minimum Gasteiger partial charge on any atom is -0.394 e. The zero-order chi connectivity index (χ0) is 22.9. The molecule has 0 saturated carbocycles. The van der Waals surface area contributed by atoms with Crippen LogP contribution in [0.3, 0.4) is 0 Å². The lowest BCUT2D eigenvalue weighted by molar-refractivity contribution is -0.131. The number of aliphatic hydroxyl groups excluding tert-OH is 1. The number of amides is 2. The summed E-state index contributed by atoms with van der Waals surface area (Å²) in [5, 5.41) is 15.7. The summed E-state index contributed by atoms with van der Waals surface area (Å²) in [7, 11) is 0. The van der Waals surface area contributed by atoms with Crippen molar-refractivity contribution in [1.29, 1.82) is 0 Å². The van der Waals surface area contributed by atoms with Crippen LogP contribution in [0.25, 0.3) is 0 Å². The van der Waals surface area contributed by atoms with E-state index in [0.29, 0.717) is 0 Å². The predicted octanol–water partition coefficient (Wildman–Crippen LogP) is 3.81. The molecule has 0 bridgehead atoms. The van der Waals surface area contributed by atoms with E-state index in [4.69, 9.17) is 0 Å². The largest absolute Gasteiger partial charge is 0.394 e. The summed E-state index contributed by atoms with van der Waals surface area (Å²) in [6.07, 6.45) is 0. The Balaban J connectivity index is 1.81. The molecule has 0 aliphatic rings. The summed E-state index contributed by atoms with van der Waals surface area (Å²) in [4.78, 5) is 26.6. The topological polar surface area (TPSA) is 78.4 Å². The molecule has 3 N–H and O–H groups in total. The molecule has 2 unspecified atom stereocenters. The first kappa shape index (κ1) is 23.2. The van der Waals surface area contributed by atoms with Gasteiger partial charge in [-0.25, -0.2) is 0 Å². The van der Waals surface area contributed by atoms with Crippen LogP contribution in [0.2, 0.25) is 0 Å². The van der Waals surface area contributed by atoms with Crippen LogP contribution in [-0.4, -0.2) is 29.6 Å². The van der Waals surface area contributed by atoms with E-state index in [1.165, 1.54) is 0 Å². The maximum atomic E-state index is 13.4. The molecule has 2 atom stereocenters. The van der Waals surface area contributed by atoms with E-state index in [1.807, 2.05) is 105 Å². The number of nitrogens with one attached hydrogen (secondary N) is 2. The van der Waals surface area contributed by atoms with Crippen molar-refractivity contribution in [2.24, 2.45) is 5.92 Å². The second kappa shape index (κ2) is 11.3. The van der Waals surface area contributed by atoms with Crippen molar-refractivity contribution in [2.75, 3.05) is 6.61 Å². The zero-order valence-electron chi connectivity index (χ0n) is 18.4. The molecular formula is C27H30N2O3. The van der Waals surface area contributed by atoms with Crippen molar-refractivity contribution < 1.29 is 14.7 Å². The van der Waals surface area contributed by atoms with E-state index < -0.39 is 18.0 Å². The molecule has 3 aromatic carbocycles. The van der Waals surface area contributed by atoms with Crippen molar-refractivity contribution in [3.8, 4) is 0 Å². The molecule has 0 saturated heterocycles. The fourth-order valence-electron chi connectivity index (χ4n) is 3.74. The average molecular weight is 431 g/mol.